The van der Waals surface area contributed by atoms with Crippen LogP contribution in [0.25, 0.3) is 0 Å². The van der Waals surface area contributed by atoms with Gasteiger partial charge in [0.1, 0.15) is 0 Å². The molecule has 1 fully saturated rings. The lowest BCUT2D eigenvalue weighted by atomic mass is 10.0. The summed E-state index contributed by atoms with van der Waals surface area (Å²) in [5.41, 5.74) is 2.77. The number of hydrogen-bond donors (Lipinski definition) is 1. The minimum absolute atomic E-state index is 0.461. The highest BCUT2D eigenvalue weighted by atomic mass is 15.2. The van der Waals surface area contributed by atoms with Crippen LogP contribution in [0.2, 0.25) is 0 Å². The summed E-state index contributed by atoms with van der Waals surface area (Å²) >= 11 is 0. The highest BCUT2D eigenvalue weighted by Gasteiger charge is 2.28. The van der Waals surface area contributed by atoms with E-state index in [1.165, 1.54) is 30.5 Å². The topological polar surface area (TPSA) is 15.3 Å². The van der Waals surface area contributed by atoms with Crippen LogP contribution >= 0.6 is 0 Å². The molecule has 1 aromatic carbocycles. The van der Waals surface area contributed by atoms with Gasteiger partial charge in [0.05, 0.1) is 0 Å². The maximum absolute atomic E-state index is 3.73. The van der Waals surface area contributed by atoms with E-state index in [4.69, 9.17) is 0 Å². The van der Waals surface area contributed by atoms with Crippen molar-refractivity contribution in [1.29, 1.82) is 0 Å². The van der Waals surface area contributed by atoms with Gasteiger partial charge in [-0.25, -0.2) is 0 Å². The van der Waals surface area contributed by atoms with Crippen molar-refractivity contribution >= 4 is 0 Å². The molecule has 112 valence electrons. The molecule has 20 heavy (non-hydrogen) atoms. The predicted octanol–water partition coefficient (Wildman–Crippen LogP) is 3.77. The molecule has 0 amide bonds. The Morgan fingerprint density at radius 1 is 1.25 bits per heavy atom. The Bertz CT molecular complexity index is 398. The van der Waals surface area contributed by atoms with Gasteiger partial charge in [0, 0.05) is 25.2 Å². The quantitative estimate of drug-likeness (QED) is 0.849. The van der Waals surface area contributed by atoms with Gasteiger partial charge in [-0.05, 0) is 44.7 Å². The Kier molecular flexibility index (Phi) is 5.62. The summed E-state index contributed by atoms with van der Waals surface area (Å²) in [7, 11) is 0. The van der Waals surface area contributed by atoms with Crippen LogP contribution in [0.1, 0.15) is 50.8 Å². The number of rotatable bonds is 6. The van der Waals surface area contributed by atoms with Gasteiger partial charge in [0.25, 0.3) is 0 Å². The average Bonchev–Trinajstić information content (AvgIpc) is 2.74. The molecule has 2 nitrogen and oxygen atoms in total. The van der Waals surface area contributed by atoms with E-state index in [1.54, 1.807) is 0 Å². The van der Waals surface area contributed by atoms with E-state index in [-0.39, 0.29) is 0 Å². The molecule has 0 saturated carbocycles. The first-order valence-electron chi connectivity index (χ1n) is 8.14. The van der Waals surface area contributed by atoms with Crippen LogP contribution in [-0.2, 0) is 0 Å². The molecule has 2 rings (SSSR count). The minimum atomic E-state index is 0.461. The summed E-state index contributed by atoms with van der Waals surface area (Å²) in [5, 5.41) is 3.73. The van der Waals surface area contributed by atoms with E-state index in [2.05, 4.69) is 62.2 Å². The summed E-state index contributed by atoms with van der Waals surface area (Å²) in [4.78, 5) is 2.65. The molecule has 3 atom stereocenters. The number of nitrogens with one attached hydrogen (secondary N) is 1. The van der Waals surface area contributed by atoms with Gasteiger partial charge in [-0.15, -0.1) is 0 Å². The normalized spacial score (nSPS) is 25.0. The molecule has 1 aromatic rings. The van der Waals surface area contributed by atoms with E-state index in [9.17, 15) is 0 Å². The van der Waals surface area contributed by atoms with Crippen LogP contribution in [0, 0.1) is 12.8 Å². The van der Waals surface area contributed by atoms with Crippen molar-refractivity contribution in [3.63, 3.8) is 0 Å². The minimum Gasteiger partial charge on any atom is -0.309 e. The van der Waals surface area contributed by atoms with Gasteiger partial charge in [0.2, 0.25) is 0 Å². The van der Waals surface area contributed by atoms with Crippen LogP contribution in [-0.4, -0.2) is 30.6 Å². The summed E-state index contributed by atoms with van der Waals surface area (Å²) in [6, 6.07) is 10.2. The Morgan fingerprint density at radius 2 is 1.95 bits per heavy atom. The molecule has 1 heterocycles. The van der Waals surface area contributed by atoms with Gasteiger partial charge in [-0.3, -0.25) is 4.90 Å². The van der Waals surface area contributed by atoms with E-state index < -0.39 is 0 Å². The van der Waals surface area contributed by atoms with Crippen LogP contribution in [0.4, 0.5) is 0 Å². The van der Waals surface area contributed by atoms with Crippen molar-refractivity contribution in [2.75, 3.05) is 19.6 Å². The average molecular weight is 274 g/mol. The monoisotopic (exact) mass is 274 g/mol. The molecule has 0 aromatic heterocycles. The summed E-state index contributed by atoms with van der Waals surface area (Å²) in [6.07, 6.45) is 2.53. The highest BCUT2D eigenvalue weighted by molar-refractivity contribution is 5.24. The first kappa shape index (κ1) is 15.5. The molecule has 0 radical (unpaired) electrons. The van der Waals surface area contributed by atoms with Crippen LogP contribution in [0.5, 0.6) is 0 Å². The largest absolute Gasteiger partial charge is 0.309 e. The smallest absolute Gasteiger partial charge is 0.0449 e. The third-order valence-electron chi connectivity index (χ3n) is 4.45. The highest BCUT2D eigenvalue weighted by Crippen LogP contribution is 2.25. The molecule has 0 spiro atoms. The standard InChI is InChI=1S/C18H30N2/c1-5-10-19-18(17-8-6-14(2)7-9-17)13-20-12-15(3)11-16(20)4/h6-9,15-16,18-19H,5,10-13H2,1-4H3. The van der Waals surface area contributed by atoms with Crippen LogP contribution in [0.15, 0.2) is 24.3 Å². The lowest BCUT2D eigenvalue weighted by molar-refractivity contribution is 0.234. The fourth-order valence-electron chi connectivity index (χ4n) is 3.28. The molecule has 1 aliphatic heterocycles. The molecular formula is C18H30N2. The maximum atomic E-state index is 3.73. The lowest BCUT2D eigenvalue weighted by Crippen LogP contribution is -2.37. The number of likely N-dealkylation sites (tertiary alicyclic amines) is 1. The molecule has 0 aliphatic carbocycles. The van der Waals surface area contributed by atoms with Gasteiger partial charge in [0.15, 0.2) is 0 Å². The zero-order valence-corrected chi connectivity index (χ0v) is 13.5. The first-order chi connectivity index (χ1) is 9.60. The van der Waals surface area contributed by atoms with Crippen molar-refractivity contribution in [3.8, 4) is 0 Å². The third kappa shape index (κ3) is 4.07. The zero-order chi connectivity index (χ0) is 14.5. The van der Waals surface area contributed by atoms with Crippen molar-refractivity contribution in [1.82, 2.24) is 10.2 Å². The molecule has 3 unspecified atom stereocenters. The van der Waals surface area contributed by atoms with E-state index in [0.717, 1.165) is 25.0 Å². The van der Waals surface area contributed by atoms with Gasteiger partial charge in [-0.1, -0.05) is 43.7 Å². The summed E-state index contributed by atoms with van der Waals surface area (Å²) in [6.45, 7) is 12.6. The van der Waals surface area contributed by atoms with Crippen LogP contribution in [0.3, 0.4) is 0 Å². The Balaban J connectivity index is 2.05. The molecule has 0 bridgehead atoms. The predicted molar refractivity (Wildman–Crippen MR) is 87.0 cm³/mol. The zero-order valence-electron chi connectivity index (χ0n) is 13.5. The number of aryl methyl sites for hydroxylation is 1. The van der Waals surface area contributed by atoms with E-state index in [0.29, 0.717) is 6.04 Å². The molecule has 1 saturated heterocycles. The summed E-state index contributed by atoms with van der Waals surface area (Å²) in [5.74, 6) is 0.842. The second kappa shape index (κ2) is 7.24. The van der Waals surface area contributed by atoms with Crippen molar-refractivity contribution in [3.05, 3.63) is 35.4 Å². The summed E-state index contributed by atoms with van der Waals surface area (Å²) < 4.78 is 0. The Labute approximate surface area is 124 Å². The Hall–Kier alpha value is -0.860. The van der Waals surface area contributed by atoms with Crippen molar-refractivity contribution in [2.24, 2.45) is 5.92 Å². The van der Waals surface area contributed by atoms with Gasteiger partial charge < -0.3 is 5.32 Å². The fraction of sp³-hybridized carbons (Fsp3) is 0.667. The maximum Gasteiger partial charge on any atom is 0.0449 e. The molecule has 1 aliphatic rings. The molecular weight excluding hydrogens is 244 g/mol. The second-order valence-corrected chi connectivity index (χ2v) is 6.56. The third-order valence-corrected chi connectivity index (χ3v) is 4.45. The van der Waals surface area contributed by atoms with Crippen molar-refractivity contribution in [2.45, 2.75) is 52.6 Å². The first-order valence-corrected chi connectivity index (χ1v) is 8.14. The molecule has 1 N–H and O–H groups in total. The second-order valence-electron chi connectivity index (χ2n) is 6.56. The number of benzene rings is 1. The SMILES string of the molecule is CCCNC(CN1CC(C)CC1C)c1ccc(C)cc1. The Morgan fingerprint density at radius 3 is 2.50 bits per heavy atom. The van der Waals surface area contributed by atoms with Gasteiger partial charge in [-0.2, -0.15) is 0 Å². The van der Waals surface area contributed by atoms with Crippen LogP contribution < -0.4 is 5.32 Å². The fourth-order valence-corrected chi connectivity index (χ4v) is 3.28. The molecule has 2 heteroatoms. The lowest BCUT2D eigenvalue weighted by Gasteiger charge is -2.28. The number of hydrogen-bond acceptors (Lipinski definition) is 2. The van der Waals surface area contributed by atoms with Crippen molar-refractivity contribution < 1.29 is 0 Å². The van der Waals surface area contributed by atoms with E-state index >= 15 is 0 Å². The van der Waals surface area contributed by atoms with E-state index in [1.807, 2.05) is 0 Å². The van der Waals surface area contributed by atoms with Gasteiger partial charge >= 0.3 is 0 Å². The number of nitrogens with zero attached hydrogens (tertiary/aromatic N) is 1.